The molecule has 0 atom stereocenters. The van der Waals surface area contributed by atoms with E-state index in [1.54, 1.807) is 66.7 Å². The molecular weight excluding hydrogens is 328 g/mol. The first-order chi connectivity index (χ1) is 12.7. The summed E-state index contributed by atoms with van der Waals surface area (Å²) >= 11 is 0. The quantitative estimate of drug-likeness (QED) is 0.423. The topological polar surface area (TPSA) is 78.8 Å². The van der Waals surface area contributed by atoms with Gasteiger partial charge in [-0.1, -0.05) is 60.7 Å². The molecule has 3 aromatic rings. The maximum absolute atomic E-state index is 12.7. The SMILES string of the molecule is O=C(N/N=C/c1ccccc1O)c1ccccc1C(=O)c1ccccc1. The predicted octanol–water partition coefficient (Wildman–Crippen LogP) is 3.39. The fraction of sp³-hybridized carbons (Fsp3) is 0. The number of hydrogen-bond donors (Lipinski definition) is 2. The number of benzene rings is 3. The Bertz CT molecular complexity index is 966. The summed E-state index contributed by atoms with van der Waals surface area (Å²) in [5.74, 6) is -0.678. The van der Waals surface area contributed by atoms with E-state index in [9.17, 15) is 14.7 Å². The van der Waals surface area contributed by atoms with Crippen molar-refractivity contribution < 1.29 is 14.7 Å². The molecule has 0 bridgehead atoms. The van der Waals surface area contributed by atoms with Crippen LogP contribution < -0.4 is 5.43 Å². The smallest absolute Gasteiger partial charge is 0.272 e. The summed E-state index contributed by atoms with van der Waals surface area (Å²) in [7, 11) is 0. The molecule has 5 heteroatoms. The Morgan fingerprint density at radius 2 is 1.42 bits per heavy atom. The van der Waals surface area contributed by atoms with Gasteiger partial charge in [0.25, 0.3) is 5.91 Å². The van der Waals surface area contributed by atoms with E-state index in [-0.39, 0.29) is 17.1 Å². The Hall–Kier alpha value is -3.73. The Morgan fingerprint density at radius 3 is 2.15 bits per heavy atom. The Balaban J connectivity index is 1.80. The lowest BCUT2D eigenvalue weighted by Crippen LogP contribution is -2.21. The lowest BCUT2D eigenvalue weighted by Gasteiger charge is -2.07. The van der Waals surface area contributed by atoms with Crippen molar-refractivity contribution in [3.8, 4) is 5.75 Å². The minimum Gasteiger partial charge on any atom is -0.507 e. The van der Waals surface area contributed by atoms with Crippen molar-refractivity contribution in [1.29, 1.82) is 0 Å². The van der Waals surface area contributed by atoms with Gasteiger partial charge in [0.15, 0.2) is 5.78 Å². The van der Waals surface area contributed by atoms with Crippen LogP contribution in [-0.2, 0) is 0 Å². The number of amides is 1. The molecule has 2 N–H and O–H groups in total. The molecular formula is C21H16N2O3. The first kappa shape index (κ1) is 17.1. The second-order valence-electron chi connectivity index (χ2n) is 5.50. The normalized spacial score (nSPS) is 10.6. The lowest BCUT2D eigenvalue weighted by atomic mass is 9.98. The van der Waals surface area contributed by atoms with E-state index in [1.807, 2.05) is 6.07 Å². The third kappa shape index (κ3) is 3.84. The van der Waals surface area contributed by atoms with E-state index >= 15 is 0 Å². The molecule has 0 fully saturated rings. The van der Waals surface area contributed by atoms with E-state index in [0.29, 0.717) is 16.7 Å². The number of phenols is 1. The number of hydrazone groups is 1. The van der Waals surface area contributed by atoms with Crippen LogP contribution in [0.3, 0.4) is 0 Å². The fourth-order valence-electron chi connectivity index (χ4n) is 2.44. The molecule has 0 aliphatic carbocycles. The minimum absolute atomic E-state index is 0.0603. The van der Waals surface area contributed by atoms with Gasteiger partial charge in [-0.05, 0) is 18.2 Å². The molecule has 3 aromatic carbocycles. The number of para-hydroxylation sites is 1. The molecule has 26 heavy (non-hydrogen) atoms. The van der Waals surface area contributed by atoms with Crippen LogP contribution in [0.2, 0.25) is 0 Å². The van der Waals surface area contributed by atoms with Crippen molar-refractivity contribution in [1.82, 2.24) is 5.43 Å². The number of carbonyl (C=O) groups is 2. The minimum atomic E-state index is -0.503. The predicted molar refractivity (Wildman–Crippen MR) is 99.5 cm³/mol. The number of nitrogens with one attached hydrogen (secondary N) is 1. The van der Waals surface area contributed by atoms with Gasteiger partial charge in [0, 0.05) is 16.7 Å². The zero-order chi connectivity index (χ0) is 18.4. The number of hydrogen-bond acceptors (Lipinski definition) is 4. The van der Waals surface area contributed by atoms with Gasteiger partial charge < -0.3 is 5.11 Å². The maximum atomic E-state index is 12.7. The van der Waals surface area contributed by atoms with Crippen LogP contribution in [-0.4, -0.2) is 23.0 Å². The fourth-order valence-corrected chi connectivity index (χ4v) is 2.44. The van der Waals surface area contributed by atoms with Gasteiger partial charge in [-0.25, -0.2) is 5.43 Å². The number of ketones is 1. The van der Waals surface area contributed by atoms with E-state index in [4.69, 9.17) is 0 Å². The lowest BCUT2D eigenvalue weighted by molar-refractivity contribution is 0.0943. The van der Waals surface area contributed by atoms with Crippen LogP contribution in [0.15, 0.2) is 84.0 Å². The molecule has 3 rings (SSSR count). The molecule has 128 valence electrons. The Morgan fingerprint density at radius 1 is 0.808 bits per heavy atom. The first-order valence-electron chi connectivity index (χ1n) is 7.97. The van der Waals surface area contributed by atoms with Gasteiger partial charge >= 0.3 is 0 Å². The van der Waals surface area contributed by atoms with Crippen molar-refractivity contribution in [3.63, 3.8) is 0 Å². The standard InChI is InChI=1S/C21H16N2O3/c24-19-13-7-4-10-16(19)14-22-23-21(26)18-12-6-5-11-17(18)20(25)15-8-2-1-3-9-15/h1-14,24H,(H,23,26)/b22-14+. The van der Waals surface area contributed by atoms with Gasteiger partial charge in [0.05, 0.1) is 11.8 Å². The highest BCUT2D eigenvalue weighted by Crippen LogP contribution is 2.15. The van der Waals surface area contributed by atoms with E-state index in [2.05, 4.69) is 10.5 Å². The summed E-state index contributed by atoms with van der Waals surface area (Å²) in [6.45, 7) is 0. The maximum Gasteiger partial charge on any atom is 0.272 e. The third-order valence-corrected chi connectivity index (χ3v) is 3.76. The second kappa shape index (κ2) is 7.90. The summed E-state index contributed by atoms with van der Waals surface area (Å²) in [5, 5.41) is 13.5. The third-order valence-electron chi connectivity index (χ3n) is 3.76. The zero-order valence-corrected chi connectivity index (χ0v) is 13.8. The molecule has 0 saturated carbocycles. The van der Waals surface area contributed by atoms with Crippen LogP contribution in [0.1, 0.15) is 31.8 Å². The number of phenolic OH excluding ortho intramolecular Hbond substituents is 1. The number of nitrogens with zero attached hydrogens (tertiary/aromatic N) is 1. The molecule has 1 amide bonds. The summed E-state index contributed by atoms with van der Waals surface area (Å²) < 4.78 is 0. The molecule has 0 heterocycles. The Labute approximate surface area is 150 Å². The molecule has 0 aliphatic rings. The van der Waals surface area contributed by atoms with Crippen LogP contribution >= 0.6 is 0 Å². The van der Waals surface area contributed by atoms with Crippen molar-refractivity contribution >= 4 is 17.9 Å². The van der Waals surface area contributed by atoms with Crippen molar-refractivity contribution in [3.05, 3.63) is 101 Å². The monoisotopic (exact) mass is 344 g/mol. The van der Waals surface area contributed by atoms with Crippen LogP contribution in [0.25, 0.3) is 0 Å². The first-order valence-corrected chi connectivity index (χ1v) is 7.97. The van der Waals surface area contributed by atoms with E-state index < -0.39 is 5.91 Å². The largest absolute Gasteiger partial charge is 0.507 e. The summed E-state index contributed by atoms with van der Waals surface area (Å²) in [5.41, 5.74) is 3.90. The van der Waals surface area contributed by atoms with E-state index in [0.717, 1.165) is 0 Å². The van der Waals surface area contributed by atoms with Crippen molar-refractivity contribution in [2.75, 3.05) is 0 Å². The zero-order valence-electron chi connectivity index (χ0n) is 13.8. The molecule has 0 radical (unpaired) electrons. The highest BCUT2D eigenvalue weighted by atomic mass is 16.3. The highest BCUT2D eigenvalue weighted by Gasteiger charge is 2.17. The molecule has 0 aromatic heterocycles. The molecule has 0 unspecified atom stereocenters. The summed E-state index contributed by atoms with van der Waals surface area (Å²) in [4.78, 5) is 25.1. The van der Waals surface area contributed by atoms with E-state index in [1.165, 1.54) is 12.3 Å². The Kier molecular flexibility index (Phi) is 5.19. The van der Waals surface area contributed by atoms with Gasteiger partial charge in [0.1, 0.15) is 5.75 Å². The average Bonchev–Trinajstić information content (AvgIpc) is 2.69. The van der Waals surface area contributed by atoms with Crippen LogP contribution in [0.5, 0.6) is 5.75 Å². The number of aromatic hydroxyl groups is 1. The number of carbonyl (C=O) groups excluding carboxylic acids is 2. The van der Waals surface area contributed by atoms with Gasteiger partial charge in [-0.2, -0.15) is 5.10 Å². The second-order valence-corrected chi connectivity index (χ2v) is 5.50. The van der Waals surface area contributed by atoms with Crippen molar-refractivity contribution in [2.24, 2.45) is 5.10 Å². The highest BCUT2D eigenvalue weighted by molar-refractivity contribution is 6.15. The van der Waals surface area contributed by atoms with Crippen LogP contribution in [0.4, 0.5) is 0 Å². The van der Waals surface area contributed by atoms with Gasteiger partial charge in [0.2, 0.25) is 0 Å². The number of rotatable bonds is 5. The van der Waals surface area contributed by atoms with Gasteiger partial charge in [-0.3, -0.25) is 9.59 Å². The van der Waals surface area contributed by atoms with Gasteiger partial charge in [-0.15, -0.1) is 0 Å². The molecule has 0 aliphatic heterocycles. The van der Waals surface area contributed by atoms with Crippen LogP contribution in [0, 0.1) is 0 Å². The average molecular weight is 344 g/mol. The van der Waals surface area contributed by atoms with Crippen molar-refractivity contribution in [2.45, 2.75) is 0 Å². The molecule has 0 spiro atoms. The molecule has 5 nitrogen and oxygen atoms in total. The summed E-state index contributed by atoms with van der Waals surface area (Å²) in [6, 6.07) is 22.0. The summed E-state index contributed by atoms with van der Waals surface area (Å²) in [6.07, 6.45) is 1.34. The molecule has 0 saturated heterocycles.